The Labute approximate surface area is 73.5 Å². The zero-order valence-corrected chi connectivity index (χ0v) is 9.11. The normalized spacial score (nSPS) is 20.1. The molecule has 3 atom stereocenters. The van der Waals surface area contributed by atoms with Crippen LogP contribution in [-0.2, 0) is 0 Å². The molecular weight excluding hydrogens is 188 g/mol. The second-order valence-electron chi connectivity index (χ2n) is 3.17. The Balaban J connectivity index is 3.69. The molecule has 0 bridgehead atoms. The van der Waals surface area contributed by atoms with Gasteiger partial charge in [0.2, 0.25) is 0 Å². The Morgan fingerprint density at radius 1 is 1.10 bits per heavy atom. The highest BCUT2D eigenvalue weighted by atomic mass is 79.9. The van der Waals surface area contributed by atoms with Gasteiger partial charge in [-0.05, 0) is 18.3 Å². The van der Waals surface area contributed by atoms with Crippen molar-refractivity contribution in [2.75, 3.05) is 0 Å². The Kier molecular flexibility index (Phi) is 5.42. The lowest BCUT2D eigenvalue weighted by Gasteiger charge is -2.22. The van der Waals surface area contributed by atoms with Crippen molar-refractivity contribution < 1.29 is 0 Å². The van der Waals surface area contributed by atoms with Crippen LogP contribution >= 0.6 is 15.9 Å². The van der Waals surface area contributed by atoms with Crippen LogP contribution in [0.5, 0.6) is 0 Å². The van der Waals surface area contributed by atoms with E-state index in [9.17, 15) is 0 Å². The number of rotatable bonds is 4. The summed E-state index contributed by atoms with van der Waals surface area (Å²) in [5.74, 6) is 1.67. The SMILES string of the molecule is CCC(C)C(C)C(Br)CC. The molecule has 0 aliphatic rings. The number of hydrogen-bond donors (Lipinski definition) is 0. The maximum atomic E-state index is 3.68. The fraction of sp³-hybridized carbons (Fsp3) is 1.00. The summed E-state index contributed by atoms with van der Waals surface area (Å²) in [7, 11) is 0. The van der Waals surface area contributed by atoms with E-state index < -0.39 is 0 Å². The van der Waals surface area contributed by atoms with E-state index in [0.29, 0.717) is 4.83 Å². The van der Waals surface area contributed by atoms with Crippen LogP contribution in [-0.4, -0.2) is 4.83 Å². The number of halogens is 1. The van der Waals surface area contributed by atoms with Gasteiger partial charge >= 0.3 is 0 Å². The summed E-state index contributed by atoms with van der Waals surface area (Å²) in [5.41, 5.74) is 0. The van der Waals surface area contributed by atoms with E-state index in [2.05, 4.69) is 43.6 Å². The van der Waals surface area contributed by atoms with Crippen LogP contribution in [0.15, 0.2) is 0 Å². The van der Waals surface area contributed by atoms with Crippen molar-refractivity contribution in [1.82, 2.24) is 0 Å². The second kappa shape index (κ2) is 5.17. The third-order valence-electron chi connectivity index (χ3n) is 2.50. The molecule has 3 unspecified atom stereocenters. The highest BCUT2D eigenvalue weighted by molar-refractivity contribution is 9.09. The van der Waals surface area contributed by atoms with Crippen LogP contribution in [0.3, 0.4) is 0 Å². The first kappa shape index (κ1) is 10.5. The summed E-state index contributed by atoms with van der Waals surface area (Å²) in [6, 6.07) is 0. The van der Waals surface area contributed by atoms with Gasteiger partial charge in [0.1, 0.15) is 0 Å². The smallest absolute Gasteiger partial charge is 0.0171 e. The molecule has 0 nitrogen and oxygen atoms in total. The zero-order valence-electron chi connectivity index (χ0n) is 7.52. The van der Waals surface area contributed by atoms with Crippen molar-refractivity contribution in [3.8, 4) is 0 Å². The van der Waals surface area contributed by atoms with E-state index in [1.807, 2.05) is 0 Å². The van der Waals surface area contributed by atoms with Crippen LogP contribution in [0.25, 0.3) is 0 Å². The lowest BCUT2D eigenvalue weighted by Crippen LogP contribution is -2.17. The van der Waals surface area contributed by atoms with Gasteiger partial charge in [0.25, 0.3) is 0 Å². The predicted molar refractivity (Wildman–Crippen MR) is 51.6 cm³/mol. The second-order valence-corrected chi connectivity index (χ2v) is 4.35. The average Bonchev–Trinajstić information content (AvgIpc) is 2.00. The van der Waals surface area contributed by atoms with Gasteiger partial charge in [0.05, 0.1) is 0 Å². The molecule has 0 rings (SSSR count). The van der Waals surface area contributed by atoms with E-state index in [0.717, 1.165) is 11.8 Å². The van der Waals surface area contributed by atoms with Gasteiger partial charge in [-0.15, -0.1) is 0 Å². The molecule has 0 fully saturated rings. The minimum absolute atomic E-state index is 0.711. The summed E-state index contributed by atoms with van der Waals surface area (Å²) < 4.78 is 0. The van der Waals surface area contributed by atoms with Crippen LogP contribution in [0, 0.1) is 11.8 Å². The zero-order chi connectivity index (χ0) is 8.15. The Morgan fingerprint density at radius 3 is 1.90 bits per heavy atom. The Bertz CT molecular complexity index is 70.8. The van der Waals surface area contributed by atoms with Crippen molar-refractivity contribution in [2.45, 2.75) is 45.4 Å². The van der Waals surface area contributed by atoms with E-state index >= 15 is 0 Å². The summed E-state index contributed by atoms with van der Waals surface area (Å²) in [6.45, 7) is 9.15. The highest BCUT2D eigenvalue weighted by Gasteiger charge is 2.16. The van der Waals surface area contributed by atoms with Crippen LogP contribution in [0.4, 0.5) is 0 Å². The maximum absolute atomic E-state index is 3.68. The van der Waals surface area contributed by atoms with Crippen molar-refractivity contribution in [2.24, 2.45) is 11.8 Å². The third kappa shape index (κ3) is 3.05. The van der Waals surface area contributed by atoms with E-state index in [-0.39, 0.29) is 0 Å². The van der Waals surface area contributed by atoms with E-state index in [4.69, 9.17) is 0 Å². The van der Waals surface area contributed by atoms with Gasteiger partial charge in [-0.25, -0.2) is 0 Å². The van der Waals surface area contributed by atoms with E-state index in [1.54, 1.807) is 0 Å². The molecule has 0 heterocycles. The molecule has 10 heavy (non-hydrogen) atoms. The van der Waals surface area contributed by atoms with Crippen LogP contribution in [0.2, 0.25) is 0 Å². The molecule has 0 aromatic carbocycles. The molecule has 0 amide bonds. The van der Waals surface area contributed by atoms with Crippen LogP contribution < -0.4 is 0 Å². The summed E-state index contributed by atoms with van der Waals surface area (Å²) in [5, 5.41) is 0. The first-order valence-corrected chi connectivity index (χ1v) is 5.19. The minimum atomic E-state index is 0.711. The van der Waals surface area contributed by atoms with Crippen molar-refractivity contribution in [3.63, 3.8) is 0 Å². The van der Waals surface area contributed by atoms with Gasteiger partial charge in [-0.1, -0.05) is 50.0 Å². The molecule has 0 aliphatic heterocycles. The molecule has 0 saturated heterocycles. The fourth-order valence-corrected chi connectivity index (χ4v) is 1.62. The van der Waals surface area contributed by atoms with Gasteiger partial charge in [0, 0.05) is 4.83 Å². The third-order valence-corrected chi connectivity index (χ3v) is 3.98. The first-order chi connectivity index (χ1) is 4.63. The van der Waals surface area contributed by atoms with E-state index in [1.165, 1.54) is 12.8 Å². The maximum Gasteiger partial charge on any atom is 0.0171 e. The predicted octanol–water partition coefficient (Wildman–Crippen LogP) is 3.84. The molecule has 0 aromatic heterocycles. The lowest BCUT2D eigenvalue weighted by molar-refractivity contribution is 0.365. The molecule has 0 radical (unpaired) electrons. The van der Waals surface area contributed by atoms with Gasteiger partial charge in [-0.2, -0.15) is 0 Å². The summed E-state index contributed by atoms with van der Waals surface area (Å²) >= 11 is 3.68. The van der Waals surface area contributed by atoms with Crippen molar-refractivity contribution in [1.29, 1.82) is 0 Å². The van der Waals surface area contributed by atoms with Crippen molar-refractivity contribution in [3.05, 3.63) is 0 Å². The van der Waals surface area contributed by atoms with Crippen molar-refractivity contribution >= 4 is 15.9 Å². The highest BCUT2D eigenvalue weighted by Crippen LogP contribution is 2.25. The average molecular weight is 207 g/mol. The van der Waals surface area contributed by atoms with Gasteiger partial charge in [-0.3, -0.25) is 0 Å². The standard InChI is InChI=1S/C9H19Br/c1-5-7(3)8(4)9(10)6-2/h7-9H,5-6H2,1-4H3. The number of hydrogen-bond acceptors (Lipinski definition) is 0. The molecule has 0 aliphatic carbocycles. The molecule has 62 valence electrons. The Morgan fingerprint density at radius 2 is 1.60 bits per heavy atom. The minimum Gasteiger partial charge on any atom is -0.0888 e. The molecule has 0 saturated carbocycles. The first-order valence-electron chi connectivity index (χ1n) is 4.27. The molecule has 0 spiro atoms. The molecule has 0 aromatic rings. The number of alkyl halides is 1. The topological polar surface area (TPSA) is 0 Å². The molecule has 1 heteroatoms. The van der Waals surface area contributed by atoms with Gasteiger partial charge < -0.3 is 0 Å². The molecule has 0 N–H and O–H groups in total. The summed E-state index contributed by atoms with van der Waals surface area (Å²) in [6.07, 6.45) is 2.54. The van der Waals surface area contributed by atoms with Gasteiger partial charge in [0.15, 0.2) is 0 Å². The fourth-order valence-electron chi connectivity index (χ4n) is 1.10. The quantitative estimate of drug-likeness (QED) is 0.614. The van der Waals surface area contributed by atoms with Crippen LogP contribution in [0.1, 0.15) is 40.5 Å². The molecular formula is C9H19Br. The monoisotopic (exact) mass is 206 g/mol. The lowest BCUT2D eigenvalue weighted by atomic mass is 9.90. The summed E-state index contributed by atoms with van der Waals surface area (Å²) in [4.78, 5) is 0.711. The largest absolute Gasteiger partial charge is 0.0888 e. The Hall–Kier alpha value is 0.480.